The van der Waals surface area contributed by atoms with Gasteiger partial charge in [-0.15, -0.1) is 0 Å². The van der Waals surface area contributed by atoms with Crippen molar-refractivity contribution in [2.45, 2.75) is 52.7 Å². The second kappa shape index (κ2) is 8.26. The van der Waals surface area contributed by atoms with Crippen LogP contribution in [0.4, 0.5) is 0 Å². The van der Waals surface area contributed by atoms with Gasteiger partial charge in [0.2, 0.25) is 5.91 Å². The van der Waals surface area contributed by atoms with E-state index in [0.29, 0.717) is 31.7 Å². The van der Waals surface area contributed by atoms with Gasteiger partial charge < -0.3 is 4.90 Å². The normalized spacial score (nSPS) is 12.5. The summed E-state index contributed by atoms with van der Waals surface area (Å²) >= 11 is 0. The quantitative estimate of drug-likeness (QED) is 0.761. The average Bonchev–Trinajstić information content (AvgIpc) is 3.16. The predicted molar refractivity (Wildman–Crippen MR) is 105 cm³/mol. The van der Waals surface area contributed by atoms with E-state index < -0.39 is 11.2 Å². The maximum Gasteiger partial charge on any atom is 0.331 e. The number of rotatable bonds is 6. The van der Waals surface area contributed by atoms with E-state index in [1.807, 2.05) is 44.2 Å². The molecule has 0 fully saturated rings. The number of amides is 1. The second-order valence-corrected chi connectivity index (χ2v) is 7.16. The van der Waals surface area contributed by atoms with Crippen LogP contribution >= 0.6 is 0 Å². The van der Waals surface area contributed by atoms with Crippen molar-refractivity contribution in [1.82, 2.24) is 14.0 Å². The lowest BCUT2D eigenvalue weighted by molar-refractivity contribution is -0.132. The molecular weight excluding hydrogens is 356 g/mol. The van der Waals surface area contributed by atoms with E-state index >= 15 is 0 Å². The lowest BCUT2D eigenvalue weighted by Crippen LogP contribution is -2.46. The summed E-state index contributed by atoms with van der Waals surface area (Å²) in [6.45, 7) is 5.04. The van der Waals surface area contributed by atoms with Crippen molar-refractivity contribution in [2.24, 2.45) is 0 Å². The van der Waals surface area contributed by atoms with Crippen LogP contribution in [-0.2, 0) is 30.8 Å². The minimum Gasteiger partial charge on any atom is -0.337 e. The van der Waals surface area contributed by atoms with Crippen molar-refractivity contribution in [2.75, 3.05) is 6.54 Å². The van der Waals surface area contributed by atoms with Gasteiger partial charge >= 0.3 is 5.69 Å². The molecule has 0 aliphatic carbocycles. The molecule has 2 heterocycles. The van der Waals surface area contributed by atoms with Crippen LogP contribution in [0.2, 0.25) is 0 Å². The fourth-order valence-corrected chi connectivity index (χ4v) is 3.60. The zero-order valence-corrected chi connectivity index (χ0v) is 16.3. The summed E-state index contributed by atoms with van der Waals surface area (Å²) in [4.78, 5) is 39.9. The first-order chi connectivity index (χ1) is 13.5. The average molecular weight is 380 g/mol. The summed E-state index contributed by atoms with van der Waals surface area (Å²) in [6, 6.07) is 9.83. The number of carbonyl (C=O) groups is 1. The van der Waals surface area contributed by atoms with Gasteiger partial charge in [0, 0.05) is 25.3 Å². The third kappa shape index (κ3) is 3.77. The van der Waals surface area contributed by atoms with E-state index in [2.05, 4.69) is 0 Å². The number of hydrogen-bond donors (Lipinski definition) is 0. The van der Waals surface area contributed by atoms with Gasteiger partial charge in [0.1, 0.15) is 18.2 Å². The first kappa shape index (κ1) is 19.6. The first-order valence-electron chi connectivity index (χ1n) is 9.56. The largest absolute Gasteiger partial charge is 0.337 e. The van der Waals surface area contributed by atoms with Crippen LogP contribution in [0.15, 0.2) is 33.9 Å². The lowest BCUT2D eigenvalue weighted by Gasteiger charge is -2.23. The smallest absolute Gasteiger partial charge is 0.331 e. The summed E-state index contributed by atoms with van der Waals surface area (Å²) < 4.78 is 2.37. The van der Waals surface area contributed by atoms with Crippen LogP contribution in [0.3, 0.4) is 0 Å². The van der Waals surface area contributed by atoms with Gasteiger partial charge in [0.25, 0.3) is 5.56 Å². The molecule has 0 saturated heterocycles. The Kier molecular flexibility index (Phi) is 5.78. The standard InChI is InChI=1S/C21H24N4O3/c1-3-10-23(13-16-8-6-15(2)7-9-16)19(26)14-25-20(27)17(12-22)18-5-4-11-24(18)21(25)28/h6-9H,3-5,10-11,13-14H2,1-2H3. The predicted octanol–water partition coefficient (Wildman–Crippen LogP) is 1.58. The molecule has 0 N–H and O–H groups in total. The number of nitriles is 1. The molecule has 1 aliphatic rings. The van der Waals surface area contributed by atoms with E-state index in [1.165, 1.54) is 4.57 Å². The number of carbonyl (C=O) groups excluding carboxylic acids is 1. The summed E-state index contributed by atoms with van der Waals surface area (Å²) in [5.74, 6) is -0.302. The molecule has 28 heavy (non-hydrogen) atoms. The van der Waals surface area contributed by atoms with Crippen LogP contribution in [0, 0.1) is 18.3 Å². The molecule has 1 aliphatic heterocycles. The molecule has 1 amide bonds. The summed E-state index contributed by atoms with van der Waals surface area (Å²) in [5.41, 5.74) is 1.43. The molecule has 1 aromatic heterocycles. The van der Waals surface area contributed by atoms with Gasteiger partial charge in [0.15, 0.2) is 0 Å². The van der Waals surface area contributed by atoms with Gasteiger partial charge in [-0.3, -0.25) is 14.2 Å². The number of aromatic nitrogens is 2. The van der Waals surface area contributed by atoms with Gasteiger partial charge in [0.05, 0.1) is 0 Å². The van der Waals surface area contributed by atoms with Gasteiger partial charge in [-0.2, -0.15) is 5.26 Å². The molecule has 0 atom stereocenters. The molecule has 0 radical (unpaired) electrons. The molecule has 3 rings (SSSR count). The molecule has 0 unspecified atom stereocenters. The SMILES string of the molecule is CCCN(Cc1ccc(C)cc1)C(=O)Cn1c(=O)c(C#N)c2n(c1=O)CCC2. The molecule has 146 valence electrons. The van der Waals surface area contributed by atoms with Crippen molar-refractivity contribution in [1.29, 1.82) is 5.26 Å². The van der Waals surface area contributed by atoms with Crippen LogP contribution < -0.4 is 11.2 Å². The third-order valence-electron chi connectivity index (χ3n) is 5.08. The Morgan fingerprint density at radius 3 is 2.61 bits per heavy atom. The number of benzene rings is 1. The van der Waals surface area contributed by atoms with E-state index in [-0.39, 0.29) is 18.0 Å². The Morgan fingerprint density at radius 2 is 1.96 bits per heavy atom. The Balaban J connectivity index is 1.90. The fraction of sp³-hybridized carbons (Fsp3) is 0.429. The lowest BCUT2D eigenvalue weighted by atomic mass is 10.1. The minimum absolute atomic E-state index is 0.0227. The van der Waals surface area contributed by atoms with Crippen molar-refractivity contribution >= 4 is 5.91 Å². The third-order valence-corrected chi connectivity index (χ3v) is 5.08. The minimum atomic E-state index is -0.666. The number of fused-ring (bicyclic) bond motifs is 1. The molecule has 1 aromatic carbocycles. The molecular formula is C21H24N4O3. The topological polar surface area (TPSA) is 88.1 Å². The fourth-order valence-electron chi connectivity index (χ4n) is 3.60. The number of aryl methyl sites for hydroxylation is 1. The number of nitrogens with zero attached hydrogens (tertiary/aromatic N) is 4. The second-order valence-electron chi connectivity index (χ2n) is 7.16. The van der Waals surface area contributed by atoms with Gasteiger partial charge in [-0.05, 0) is 31.7 Å². The zero-order chi connectivity index (χ0) is 20.3. The molecule has 7 heteroatoms. The van der Waals surface area contributed by atoms with Crippen molar-refractivity contribution in [3.8, 4) is 6.07 Å². The van der Waals surface area contributed by atoms with E-state index in [9.17, 15) is 19.6 Å². The highest BCUT2D eigenvalue weighted by atomic mass is 16.2. The zero-order valence-electron chi connectivity index (χ0n) is 16.3. The Hall–Kier alpha value is -3.14. The maximum atomic E-state index is 12.9. The van der Waals surface area contributed by atoms with Gasteiger partial charge in [-0.25, -0.2) is 9.36 Å². The summed E-state index contributed by atoms with van der Waals surface area (Å²) in [5, 5.41) is 9.37. The monoisotopic (exact) mass is 380 g/mol. The Labute approximate surface area is 163 Å². The van der Waals surface area contributed by atoms with Crippen LogP contribution in [0.1, 0.15) is 42.1 Å². The van der Waals surface area contributed by atoms with E-state index in [4.69, 9.17) is 0 Å². The van der Waals surface area contributed by atoms with Gasteiger partial charge in [-0.1, -0.05) is 36.8 Å². The van der Waals surface area contributed by atoms with E-state index in [1.54, 1.807) is 4.90 Å². The summed E-state index contributed by atoms with van der Waals surface area (Å²) in [7, 11) is 0. The molecule has 0 saturated carbocycles. The Morgan fingerprint density at radius 1 is 1.25 bits per heavy atom. The van der Waals surface area contributed by atoms with Crippen molar-refractivity contribution < 1.29 is 4.79 Å². The highest BCUT2D eigenvalue weighted by Gasteiger charge is 2.24. The molecule has 2 aromatic rings. The Bertz CT molecular complexity index is 1040. The highest BCUT2D eigenvalue weighted by Crippen LogP contribution is 2.13. The molecule has 0 bridgehead atoms. The first-order valence-corrected chi connectivity index (χ1v) is 9.56. The van der Waals surface area contributed by atoms with Crippen LogP contribution in [0.5, 0.6) is 0 Å². The number of hydrogen-bond acceptors (Lipinski definition) is 4. The van der Waals surface area contributed by atoms with Crippen molar-refractivity contribution in [3.05, 3.63) is 67.5 Å². The maximum absolute atomic E-state index is 12.9. The van der Waals surface area contributed by atoms with Crippen molar-refractivity contribution in [3.63, 3.8) is 0 Å². The highest BCUT2D eigenvalue weighted by molar-refractivity contribution is 5.76. The van der Waals surface area contributed by atoms with Crippen LogP contribution in [-0.4, -0.2) is 26.5 Å². The van der Waals surface area contributed by atoms with E-state index in [0.717, 1.165) is 28.5 Å². The molecule has 7 nitrogen and oxygen atoms in total. The molecule has 0 spiro atoms. The van der Waals surface area contributed by atoms with Crippen LogP contribution in [0.25, 0.3) is 0 Å². The summed E-state index contributed by atoms with van der Waals surface area (Å²) in [6.07, 6.45) is 2.02.